The van der Waals surface area contributed by atoms with Crippen molar-refractivity contribution in [1.29, 1.82) is 0 Å². The second kappa shape index (κ2) is 7.57. The third kappa shape index (κ3) is 3.97. The number of hydrogen-bond acceptors (Lipinski definition) is 4. The van der Waals surface area contributed by atoms with Gasteiger partial charge in [-0.15, -0.1) is 0 Å². The van der Waals surface area contributed by atoms with Crippen LogP contribution in [-0.4, -0.2) is 47.4 Å². The summed E-state index contributed by atoms with van der Waals surface area (Å²) in [4.78, 5) is 14.5. The first-order valence-electron chi connectivity index (χ1n) is 9.11. The Morgan fingerprint density at radius 3 is 3.07 bits per heavy atom. The van der Waals surface area contributed by atoms with Crippen LogP contribution in [-0.2, 0) is 0 Å². The largest absolute Gasteiger partial charge is 0.497 e. The van der Waals surface area contributed by atoms with E-state index < -0.39 is 0 Å². The van der Waals surface area contributed by atoms with Crippen LogP contribution in [0.15, 0.2) is 48.7 Å². The third-order valence-corrected chi connectivity index (χ3v) is 4.84. The molecule has 0 radical (unpaired) electrons. The van der Waals surface area contributed by atoms with Gasteiger partial charge in [-0.25, -0.2) is 4.79 Å². The van der Waals surface area contributed by atoms with Gasteiger partial charge in [0.05, 0.1) is 18.8 Å². The van der Waals surface area contributed by atoms with Gasteiger partial charge in [-0.1, -0.05) is 6.07 Å². The Morgan fingerprint density at radius 2 is 2.19 bits per heavy atom. The van der Waals surface area contributed by atoms with Crippen molar-refractivity contribution in [2.24, 2.45) is 0 Å². The molecule has 0 bridgehead atoms. The van der Waals surface area contributed by atoms with E-state index in [2.05, 4.69) is 26.9 Å². The van der Waals surface area contributed by atoms with Gasteiger partial charge in [-0.05, 0) is 43.2 Å². The SMILES string of the molecule is COc1cccc(NC(=O)N2CCCC(Nc3ccc4[nH]ncc4c3)C2)c1. The van der Waals surface area contributed by atoms with Crippen LogP contribution in [0.1, 0.15) is 12.8 Å². The van der Waals surface area contributed by atoms with Gasteiger partial charge in [0.25, 0.3) is 0 Å². The number of methoxy groups -OCH3 is 1. The van der Waals surface area contributed by atoms with Gasteiger partial charge in [0.1, 0.15) is 5.75 Å². The van der Waals surface area contributed by atoms with Crippen LogP contribution < -0.4 is 15.4 Å². The molecule has 3 N–H and O–H groups in total. The number of aromatic nitrogens is 2. The summed E-state index contributed by atoms with van der Waals surface area (Å²) in [5.74, 6) is 0.723. The van der Waals surface area contributed by atoms with Crippen LogP contribution in [0.5, 0.6) is 5.75 Å². The molecule has 1 aliphatic rings. The van der Waals surface area contributed by atoms with Crippen LogP contribution in [0.25, 0.3) is 10.9 Å². The fourth-order valence-corrected chi connectivity index (χ4v) is 3.45. The lowest BCUT2D eigenvalue weighted by Gasteiger charge is -2.33. The number of carbonyl (C=O) groups is 1. The molecule has 140 valence electrons. The van der Waals surface area contributed by atoms with E-state index in [-0.39, 0.29) is 12.1 Å². The number of urea groups is 1. The first-order valence-corrected chi connectivity index (χ1v) is 9.11. The zero-order valence-corrected chi connectivity index (χ0v) is 15.2. The summed E-state index contributed by atoms with van der Waals surface area (Å²) in [6.07, 6.45) is 3.82. The Morgan fingerprint density at radius 1 is 1.26 bits per heavy atom. The number of nitrogens with one attached hydrogen (secondary N) is 3. The van der Waals surface area contributed by atoms with E-state index in [9.17, 15) is 4.79 Å². The fourth-order valence-electron chi connectivity index (χ4n) is 3.45. The monoisotopic (exact) mass is 365 g/mol. The summed E-state index contributed by atoms with van der Waals surface area (Å²) in [5, 5.41) is 14.6. The number of likely N-dealkylation sites (tertiary alicyclic amines) is 1. The average Bonchev–Trinajstić information content (AvgIpc) is 3.16. The van der Waals surface area contributed by atoms with Crippen LogP contribution in [0.4, 0.5) is 16.2 Å². The fraction of sp³-hybridized carbons (Fsp3) is 0.300. The number of aromatic amines is 1. The third-order valence-electron chi connectivity index (χ3n) is 4.84. The van der Waals surface area contributed by atoms with E-state index in [1.807, 2.05) is 47.5 Å². The molecular weight excluding hydrogens is 342 g/mol. The number of anilines is 2. The first kappa shape index (κ1) is 17.2. The van der Waals surface area contributed by atoms with Crippen molar-refractivity contribution in [3.8, 4) is 5.75 Å². The van der Waals surface area contributed by atoms with E-state index in [0.29, 0.717) is 6.54 Å². The number of hydrogen-bond donors (Lipinski definition) is 3. The van der Waals surface area contributed by atoms with Gasteiger partial charge < -0.3 is 20.3 Å². The molecule has 7 heteroatoms. The highest BCUT2D eigenvalue weighted by atomic mass is 16.5. The van der Waals surface area contributed by atoms with Gasteiger partial charge in [0.15, 0.2) is 0 Å². The van der Waals surface area contributed by atoms with Gasteiger partial charge >= 0.3 is 6.03 Å². The standard InChI is InChI=1S/C20H23N5O2/c1-27-18-6-2-4-15(11-18)23-20(26)25-9-3-5-17(13-25)22-16-7-8-19-14(10-16)12-21-24-19/h2,4,6-8,10-12,17,22H,3,5,9,13H2,1H3,(H,21,24)(H,23,26). The normalized spacial score (nSPS) is 16.9. The molecule has 1 aromatic heterocycles. The molecule has 3 aromatic rings. The number of H-pyrrole nitrogens is 1. The second-order valence-electron chi connectivity index (χ2n) is 6.76. The molecule has 4 rings (SSSR count). The quantitative estimate of drug-likeness (QED) is 0.659. The highest BCUT2D eigenvalue weighted by molar-refractivity contribution is 5.89. The number of carbonyl (C=O) groups excluding carboxylic acids is 1. The van der Waals surface area contributed by atoms with Gasteiger partial charge in [0, 0.05) is 42.0 Å². The minimum atomic E-state index is -0.0833. The molecule has 1 aliphatic heterocycles. The van der Waals surface area contributed by atoms with Crippen molar-refractivity contribution in [3.63, 3.8) is 0 Å². The predicted molar refractivity (Wildman–Crippen MR) is 106 cm³/mol. The smallest absolute Gasteiger partial charge is 0.321 e. The molecule has 2 aromatic carbocycles. The molecule has 0 spiro atoms. The minimum Gasteiger partial charge on any atom is -0.497 e. The molecule has 1 unspecified atom stereocenters. The molecule has 1 atom stereocenters. The van der Waals surface area contributed by atoms with E-state index in [4.69, 9.17) is 4.74 Å². The number of ether oxygens (including phenoxy) is 1. The van der Waals surface area contributed by atoms with Crippen LogP contribution >= 0.6 is 0 Å². The van der Waals surface area contributed by atoms with E-state index in [1.165, 1.54) is 0 Å². The summed E-state index contributed by atoms with van der Waals surface area (Å²) in [5.41, 5.74) is 2.80. The molecule has 1 fully saturated rings. The number of benzene rings is 2. The van der Waals surface area contributed by atoms with Crippen LogP contribution in [0.3, 0.4) is 0 Å². The van der Waals surface area contributed by atoms with Crippen molar-refractivity contribution < 1.29 is 9.53 Å². The molecule has 2 heterocycles. The van der Waals surface area contributed by atoms with Crippen LogP contribution in [0, 0.1) is 0 Å². The van der Waals surface area contributed by atoms with E-state index in [0.717, 1.165) is 47.4 Å². The predicted octanol–water partition coefficient (Wildman–Crippen LogP) is 3.68. The van der Waals surface area contributed by atoms with Crippen LogP contribution in [0.2, 0.25) is 0 Å². The van der Waals surface area contributed by atoms with Crippen molar-refractivity contribution >= 4 is 28.3 Å². The second-order valence-corrected chi connectivity index (χ2v) is 6.76. The Bertz CT molecular complexity index is 939. The molecule has 0 aliphatic carbocycles. The molecular formula is C20H23N5O2. The number of amides is 2. The van der Waals surface area contributed by atoms with Gasteiger partial charge in [0.2, 0.25) is 0 Å². The van der Waals surface area contributed by atoms with E-state index >= 15 is 0 Å². The van der Waals surface area contributed by atoms with Gasteiger partial charge in [-0.3, -0.25) is 5.10 Å². The highest BCUT2D eigenvalue weighted by Gasteiger charge is 2.23. The number of fused-ring (bicyclic) bond motifs is 1. The Balaban J connectivity index is 1.38. The molecule has 0 saturated carbocycles. The molecule has 7 nitrogen and oxygen atoms in total. The lowest BCUT2D eigenvalue weighted by Crippen LogP contribution is -2.46. The first-order chi connectivity index (χ1) is 13.2. The van der Waals surface area contributed by atoms with Crippen molar-refractivity contribution in [1.82, 2.24) is 15.1 Å². The van der Waals surface area contributed by atoms with Gasteiger partial charge in [-0.2, -0.15) is 5.10 Å². The summed E-state index contributed by atoms with van der Waals surface area (Å²) in [6, 6.07) is 13.7. The van der Waals surface area contributed by atoms with Crippen molar-refractivity contribution in [3.05, 3.63) is 48.7 Å². The maximum Gasteiger partial charge on any atom is 0.321 e. The number of nitrogens with zero attached hydrogens (tertiary/aromatic N) is 2. The lowest BCUT2D eigenvalue weighted by molar-refractivity contribution is 0.196. The molecule has 1 saturated heterocycles. The molecule has 2 amide bonds. The highest BCUT2D eigenvalue weighted by Crippen LogP contribution is 2.22. The summed E-state index contributed by atoms with van der Waals surface area (Å²) in [6.45, 7) is 1.42. The summed E-state index contributed by atoms with van der Waals surface area (Å²) in [7, 11) is 1.61. The van der Waals surface area contributed by atoms with Crippen molar-refractivity contribution in [2.75, 3.05) is 30.8 Å². The number of rotatable bonds is 4. The molecule has 27 heavy (non-hydrogen) atoms. The Kier molecular flexibility index (Phi) is 4.82. The zero-order chi connectivity index (χ0) is 18.6. The summed E-state index contributed by atoms with van der Waals surface area (Å²) < 4.78 is 5.21. The maximum absolute atomic E-state index is 12.6. The number of piperidine rings is 1. The minimum absolute atomic E-state index is 0.0833. The maximum atomic E-state index is 12.6. The van der Waals surface area contributed by atoms with Crippen molar-refractivity contribution in [2.45, 2.75) is 18.9 Å². The topological polar surface area (TPSA) is 82.3 Å². The Hall–Kier alpha value is -3.22. The van der Waals surface area contributed by atoms with E-state index in [1.54, 1.807) is 7.11 Å². The average molecular weight is 365 g/mol. The lowest BCUT2D eigenvalue weighted by atomic mass is 10.1. The summed E-state index contributed by atoms with van der Waals surface area (Å²) >= 11 is 0. The zero-order valence-electron chi connectivity index (χ0n) is 15.2. The Labute approximate surface area is 157 Å².